The second kappa shape index (κ2) is 4.97. The lowest BCUT2D eigenvalue weighted by molar-refractivity contribution is -0.175. The number of hydrogen-bond acceptors (Lipinski definition) is 2. The van der Waals surface area contributed by atoms with Crippen LogP contribution >= 0.6 is 0 Å². The standard InChI is InChI=1S/C12H22O3/c1-4-5-15-12(11(13)14)7-9(2)6-10(3)8-12/h9-10H,4-8H2,1-3H3,(H,13,14). The van der Waals surface area contributed by atoms with E-state index in [0.717, 1.165) is 12.8 Å². The molecule has 2 unspecified atom stereocenters. The second-order valence-electron chi connectivity index (χ2n) is 5.00. The van der Waals surface area contributed by atoms with Gasteiger partial charge in [-0.2, -0.15) is 0 Å². The maximum Gasteiger partial charge on any atom is 0.335 e. The van der Waals surface area contributed by atoms with E-state index in [1.807, 2.05) is 6.92 Å². The predicted octanol–water partition coefficient (Wildman–Crippen LogP) is 2.69. The maximum atomic E-state index is 11.3. The van der Waals surface area contributed by atoms with Crippen LogP contribution < -0.4 is 0 Å². The van der Waals surface area contributed by atoms with Crippen LogP contribution in [0.2, 0.25) is 0 Å². The molecule has 0 amide bonds. The number of carboxylic acids is 1. The lowest BCUT2D eigenvalue weighted by atomic mass is 9.73. The number of ether oxygens (including phenoxy) is 1. The van der Waals surface area contributed by atoms with Crippen molar-refractivity contribution in [1.29, 1.82) is 0 Å². The van der Waals surface area contributed by atoms with Crippen LogP contribution in [-0.4, -0.2) is 23.3 Å². The zero-order valence-electron chi connectivity index (χ0n) is 9.95. The topological polar surface area (TPSA) is 46.5 Å². The van der Waals surface area contributed by atoms with Gasteiger partial charge in [-0.05, 0) is 37.5 Å². The number of rotatable bonds is 4. The molecule has 88 valence electrons. The number of hydrogen-bond donors (Lipinski definition) is 1. The van der Waals surface area contributed by atoms with Crippen molar-refractivity contribution in [2.45, 2.75) is 52.1 Å². The molecule has 1 N–H and O–H groups in total. The Balaban J connectivity index is 2.74. The Hall–Kier alpha value is -0.570. The van der Waals surface area contributed by atoms with Crippen molar-refractivity contribution in [3.8, 4) is 0 Å². The van der Waals surface area contributed by atoms with E-state index in [4.69, 9.17) is 4.74 Å². The average Bonchev–Trinajstić information content (AvgIpc) is 2.13. The average molecular weight is 214 g/mol. The monoisotopic (exact) mass is 214 g/mol. The van der Waals surface area contributed by atoms with Gasteiger partial charge in [-0.1, -0.05) is 20.8 Å². The van der Waals surface area contributed by atoms with Crippen molar-refractivity contribution in [1.82, 2.24) is 0 Å². The molecular formula is C12H22O3. The van der Waals surface area contributed by atoms with Gasteiger partial charge in [0.2, 0.25) is 0 Å². The van der Waals surface area contributed by atoms with E-state index in [-0.39, 0.29) is 0 Å². The summed E-state index contributed by atoms with van der Waals surface area (Å²) in [5.41, 5.74) is -0.910. The first-order valence-electron chi connectivity index (χ1n) is 5.87. The lowest BCUT2D eigenvalue weighted by Gasteiger charge is -2.39. The molecule has 1 saturated carbocycles. The minimum absolute atomic E-state index is 0.446. The summed E-state index contributed by atoms with van der Waals surface area (Å²) in [6, 6.07) is 0. The molecule has 15 heavy (non-hydrogen) atoms. The quantitative estimate of drug-likeness (QED) is 0.782. The van der Waals surface area contributed by atoms with Crippen molar-refractivity contribution in [3.05, 3.63) is 0 Å². The van der Waals surface area contributed by atoms with E-state index in [0.29, 0.717) is 31.3 Å². The van der Waals surface area contributed by atoms with Gasteiger partial charge < -0.3 is 9.84 Å². The van der Waals surface area contributed by atoms with Crippen LogP contribution in [0.3, 0.4) is 0 Å². The molecule has 0 heterocycles. The Bertz CT molecular complexity index is 215. The third-order valence-corrected chi connectivity index (χ3v) is 3.13. The van der Waals surface area contributed by atoms with Crippen LogP contribution in [-0.2, 0) is 9.53 Å². The first kappa shape index (κ1) is 12.5. The zero-order chi connectivity index (χ0) is 11.5. The second-order valence-corrected chi connectivity index (χ2v) is 5.00. The van der Waals surface area contributed by atoms with E-state index in [9.17, 15) is 9.90 Å². The molecule has 1 aliphatic rings. The Morgan fingerprint density at radius 3 is 2.33 bits per heavy atom. The molecule has 0 saturated heterocycles. The molecule has 0 aromatic rings. The van der Waals surface area contributed by atoms with Crippen molar-refractivity contribution in [3.63, 3.8) is 0 Å². The number of carbonyl (C=O) groups is 1. The van der Waals surface area contributed by atoms with Crippen LogP contribution in [0.5, 0.6) is 0 Å². The molecular weight excluding hydrogens is 192 g/mol. The summed E-state index contributed by atoms with van der Waals surface area (Å²) in [6.45, 7) is 6.78. The molecule has 1 rings (SSSR count). The summed E-state index contributed by atoms with van der Waals surface area (Å²) in [4.78, 5) is 11.3. The molecule has 0 bridgehead atoms. The van der Waals surface area contributed by atoms with E-state index >= 15 is 0 Å². The Labute approximate surface area is 91.8 Å². The fraction of sp³-hybridized carbons (Fsp3) is 0.917. The van der Waals surface area contributed by atoms with Gasteiger partial charge in [0.15, 0.2) is 5.60 Å². The lowest BCUT2D eigenvalue weighted by Crippen LogP contribution is -2.47. The number of carboxylic acid groups (broad SMARTS) is 1. The molecule has 3 heteroatoms. The Kier molecular flexibility index (Phi) is 4.14. The van der Waals surface area contributed by atoms with E-state index in [1.165, 1.54) is 0 Å². The van der Waals surface area contributed by atoms with Gasteiger partial charge in [0.25, 0.3) is 0 Å². The molecule has 0 radical (unpaired) electrons. The number of aliphatic carboxylic acids is 1. The van der Waals surface area contributed by atoms with Crippen LogP contribution in [0.4, 0.5) is 0 Å². The Morgan fingerprint density at radius 2 is 1.93 bits per heavy atom. The summed E-state index contributed by atoms with van der Waals surface area (Å²) in [5, 5.41) is 9.33. The smallest absolute Gasteiger partial charge is 0.335 e. The summed E-state index contributed by atoms with van der Waals surface area (Å²) >= 11 is 0. The zero-order valence-corrected chi connectivity index (χ0v) is 9.95. The first-order chi connectivity index (χ1) is 7.00. The molecule has 3 nitrogen and oxygen atoms in total. The minimum atomic E-state index is -0.910. The van der Waals surface area contributed by atoms with Crippen molar-refractivity contribution >= 4 is 5.97 Å². The highest BCUT2D eigenvalue weighted by Crippen LogP contribution is 2.38. The summed E-state index contributed by atoms with van der Waals surface area (Å²) in [6.07, 6.45) is 3.31. The van der Waals surface area contributed by atoms with Crippen LogP contribution in [0.15, 0.2) is 0 Å². The van der Waals surface area contributed by atoms with Gasteiger partial charge in [0.05, 0.1) is 0 Å². The molecule has 0 aromatic heterocycles. The normalized spacial score (nSPS) is 36.5. The van der Waals surface area contributed by atoms with Crippen LogP contribution in [0.25, 0.3) is 0 Å². The van der Waals surface area contributed by atoms with Gasteiger partial charge in [-0.25, -0.2) is 4.79 Å². The SMILES string of the molecule is CCCOC1(C(=O)O)CC(C)CC(C)C1. The van der Waals surface area contributed by atoms with Gasteiger partial charge in [0.1, 0.15) is 0 Å². The summed E-state index contributed by atoms with van der Waals surface area (Å²) < 4.78 is 5.62. The van der Waals surface area contributed by atoms with Gasteiger partial charge in [0, 0.05) is 6.61 Å². The fourth-order valence-corrected chi connectivity index (χ4v) is 2.71. The van der Waals surface area contributed by atoms with Gasteiger partial charge >= 0.3 is 5.97 Å². The fourth-order valence-electron chi connectivity index (χ4n) is 2.71. The minimum Gasteiger partial charge on any atom is -0.479 e. The molecule has 0 aromatic carbocycles. The van der Waals surface area contributed by atoms with Gasteiger partial charge in [-0.3, -0.25) is 0 Å². The molecule has 2 atom stereocenters. The molecule has 1 aliphatic carbocycles. The van der Waals surface area contributed by atoms with Gasteiger partial charge in [-0.15, -0.1) is 0 Å². The third-order valence-electron chi connectivity index (χ3n) is 3.13. The summed E-state index contributed by atoms with van der Waals surface area (Å²) in [7, 11) is 0. The maximum absolute atomic E-state index is 11.3. The highest BCUT2D eigenvalue weighted by molar-refractivity contribution is 5.77. The molecule has 0 spiro atoms. The largest absolute Gasteiger partial charge is 0.479 e. The van der Waals surface area contributed by atoms with Crippen LogP contribution in [0, 0.1) is 11.8 Å². The third kappa shape index (κ3) is 2.94. The Morgan fingerprint density at radius 1 is 1.40 bits per heavy atom. The highest BCUT2D eigenvalue weighted by atomic mass is 16.5. The molecule has 0 aliphatic heterocycles. The highest BCUT2D eigenvalue weighted by Gasteiger charge is 2.45. The van der Waals surface area contributed by atoms with E-state index < -0.39 is 11.6 Å². The first-order valence-corrected chi connectivity index (χ1v) is 5.87. The van der Waals surface area contributed by atoms with Crippen molar-refractivity contribution in [2.24, 2.45) is 11.8 Å². The molecule has 1 fully saturated rings. The van der Waals surface area contributed by atoms with E-state index in [2.05, 4.69) is 13.8 Å². The summed E-state index contributed by atoms with van der Waals surface area (Å²) in [5.74, 6) is 0.109. The van der Waals surface area contributed by atoms with E-state index in [1.54, 1.807) is 0 Å². The van der Waals surface area contributed by atoms with Crippen LogP contribution in [0.1, 0.15) is 46.5 Å². The van der Waals surface area contributed by atoms with Crippen molar-refractivity contribution < 1.29 is 14.6 Å². The van der Waals surface area contributed by atoms with Crippen molar-refractivity contribution in [2.75, 3.05) is 6.61 Å². The predicted molar refractivity (Wildman–Crippen MR) is 58.8 cm³/mol.